The van der Waals surface area contributed by atoms with Crippen LogP contribution in [0.5, 0.6) is 0 Å². The second-order valence-corrected chi connectivity index (χ2v) is 5.68. The summed E-state index contributed by atoms with van der Waals surface area (Å²) in [5, 5.41) is 0. The fourth-order valence-electron chi connectivity index (χ4n) is 3.26. The van der Waals surface area contributed by atoms with Gasteiger partial charge in [0.1, 0.15) is 5.82 Å². The molecule has 3 heteroatoms. The van der Waals surface area contributed by atoms with E-state index in [4.69, 9.17) is 0 Å². The van der Waals surface area contributed by atoms with Crippen LogP contribution in [0, 0.1) is 5.82 Å². The molecule has 0 fully saturated rings. The second-order valence-electron chi connectivity index (χ2n) is 5.68. The van der Waals surface area contributed by atoms with Gasteiger partial charge >= 0.3 is 0 Å². The molecular weight excluding hydrogens is 277 g/mol. The number of carbonyl (C=O) groups excluding carboxylic acids is 1. The topological polar surface area (TPSA) is 20.3 Å². The predicted molar refractivity (Wildman–Crippen MR) is 88.1 cm³/mol. The molecule has 0 radical (unpaired) electrons. The first-order valence-corrected chi connectivity index (χ1v) is 7.90. The van der Waals surface area contributed by atoms with Crippen molar-refractivity contribution < 1.29 is 9.18 Å². The Labute approximate surface area is 130 Å². The Morgan fingerprint density at radius 3 is 2.18 bits per heavy atom. The molecule has 114 valence electrons. The number of rotatable bonds is 5. The van der Waals surface area contributed by atoms with Gasteiger partial charge in [-0.25, -0.2) is 4.39 Å². The van der Waals surface area contributed by atoms with E-state index in [0.29, 0.717) is 16.8 Å². The molecule has 0 spiro atoms. The first kappa shape index (κ1) is 14.8. The van der Waals surface area contributed by atoms with Crippen molar-refractivity contribution in [2.75, 3.05) is 18.0 Å². The van der Waals surface area contributed by atoms with Crippen LogP contribution in [-0.4, -0.2) is 18.9 Å². The molecule has 0 heterocycles. The summed E-state index contributed by atoms with van der Waals surface area (Å²) < 4.78 is 14.5. The summed E-state index contributed by atoms with van der Waals surface area (Å²) in [4.78, 5) is 14.8. The number of benzene rings is 2. The van der Waals surface area contributed by atoms with Crippen LogP contribution in [0.1, 0.15) is 42.6 Å². The average molecular weight is 297 g/mol. The molecule has 1 aliphatic carbocycles. The van der Waals surface area contributed by atoms with Gasteiger partial charge in [-0.1, -0.05) is 44.2 Å². The Bertz CT molecular complexity index is 717. The maximum Gasteiger partial charge on any atom is 0.196 e. The lowest BCUT2D eigenvalue weighted by atomic mass is 10.0. The van der Waals surface area contributed by atoms with E-state index in [1.54, 1.807) is 6.07 Å². The van der Waals surface area contributed by atoms with Crippen molar-refractivity contribution in [2.45, 2.75) is 26.7 Å². The van der Waals surface area contributed by atoms with E-state index in [9.17, 15) is 9.18 Å². The fraction of sp³-hybridized carbons (Fsp3) is 0.316. The molecule has 2 aromatic carbocycles. The maximum atomic E-state index is 14.5. The number of nitrogens with zero attached hydrogens (tertiary/aromatic N) is 1. The van der Waals surface area contributed by atoms with Crippen molar-refractivity contribution in [3.05, 3.63) is 53.3 Å². The molecule has 0 unspecified atom stereocenters. The predicted octanol–water partition coefficient (Wildman–Crippen LogP) is 4.66. The van der Waals surface area contributed by atoms with Crippen molar-refractivity contribution in [3.63, 3.8) is 0 Å². The Morgan fingerprint density at radius 1 is 0.909 bits per heavy atom. The van der Waals surface area contributed by atoms with Gasteiger partial charge in [0.2, 0.25) is 0 Å². The summed E-state index contributed by atoms with van der Waals surface area (Å²) >= 11 is 0. The second kappa shape index (κ2) is 5.91. The van der Waals surface area contributed by atoms with Gasteiger partial charge in [-0.05, 0) is 30.0 Å². The van der Waals surface area contributed by atoms with E-state index >= 15 is 0 Å². The molecule has 0 aromatic heterocycles. The summed E-state index contributed by atoms with van der Waals surface area (Å²) in [5.41, 5.74) is 3.45. The quantitative estimate of drug-likeness (QED) is 0.682. The molecule has 0 saturated heterocycles. The molecule has 2 nitrogen and oxygen atoms in total. The van der Waals surface area contributed by atoms with Gasteiger partial charge in [0.15, 0.2) is 5.78 Å². The van der Waals surface area contributed by atoms with Crippen molar-refractivity contribution in [3.8, 4) is 11.1 Å². The van der Waals surface area contributed by atoms with Crippen LogP contribution >= 0.6 is 0 Å². The number of hydrogen-bond donors (Lipinski definition) is 0. The zero-order valence-electron chi connectivity index (χ0n) is 13.0. The Morgan fingerprint density at radius 2 is 1.55 bits per heavy atom. The Balaban J connectivity index is 2.20. The van der Waals surface area contributed by atoms with Gasteiger partial charge in [-0.3, -0.25) is 4.79 Å². The van der Waals surface area contributed by atoms with E-state index in [-0.39, 0.29) is 11.6 Å². The number of halogens is 1. The molecule has 0 amide bonds. The maximum absolute atomic E-state index is 14.5. The zero-order chi connectivity index (χ0) is 15.7. The SMILES string of the molecule is CCCN(CCC)c1c(F)ccc2c1C(=O)c1ccccc1-2. The van der Waals surface area contributed by atoms with Crippen molar-refractivity contribution in [2.24, 2.45) is 0 Å². The molecule has 0 aliphatic heterocycles. The van der Waals surface area contributed by atoms with Crippen LogP contribution in [-0.2, 0) is 0 Å². The molecule has 22 heavy (non-hydrogen) atoms. The number of hydrogen-bond acceptors (Lipinski definition) is 2. The zero-order valence-corrected chi connectivity index (χ0v) is 13.0. The fourth-order valence-corrected chi connectivity index (χ4v) is 3.26. The first-order valence-electron chi connectivity index (χ1n) is 7.90. The van der Waals surface area contributed by atoms with Crippen molar-refractivity contribution in [1.82, 2.24) is 0 Å². The molecule has 0 saturated carbocycles. The minimum atomic E-state index is -0.304. The molecule has 2 aromatic rings. The van der Waals surface area contributed by atoms with Crippen LogP contribution in [0.2, 0.25) is 0 Å². The highest BCUT2D eigenvalue weighted by molar-refractivity contribution is 6.24. The van der Waals surface area contributed by atoms with Crippen LogP contribution < -0.4 is 4.90 Å². The lowest BCUT2D eigenvalue weighted by Gasteiger charge is -2.26. The van der Waals surface area contributed by atoms with Crippen molar-refractivity contribution >= 4 is 11.5 Å². The highest BCUT2D eigenvalue weighted by Crippen LogP contribution is 2.42. The highest BCUT2D eigenvalue weighted by Gasteiger charge is 2.32. The monoisotopic (exact) mass is 297 g/mol. The average Bonchev–Trinajstić information content (AvgIpc) is 2.81. The third kappa shape index (κ3) is 2.21. The van der Waals surface area contributed by atoms with E-state index in [1.807, 2.05) is 29.2 Å². The lowest BCUT2D eigenvalue weighted by molar-refractivity contribution is 0.104. The summed E-state index contributed by atoms with van der Waals surface area (Å²) in [6, 6.07) is 10.7. The largest absolute Gasteiger partial charge is 0.369 e. The van der Waals surface area contributed by atoms with Crippen LogP contribution in [0.3, 0.4) is 0 Å². The molecule has 3 rings (SSSR count). The van der Waals surface area contributed by atoms with Gasteiger partial charge in [-0.2, -0.15) is 0 Å². The minimum absolute atomic E-state index is 0.0580. The van der Waals surface area contributed by atoms with Crippen LogP contribution in [0.4, 0.5) is 10.1 Å². The molecule has 0 atom stereocenters. The smallest absolute Gasteiger partial charge is 0.196 e. The van der Waals surface area contributed by atoms with Gasteiger partial charge in [0, 0.05) is 18.7 Å². The third-order valence-electron chi connectivity index (χ3n) is 4.12. The summed E-state index contributed by atoms with van der Waals surface area (Å²) in [6.45, 7) is 5.65. The first-order chi connectivity index (χ1) is 10.7. The summed E-state index contributed by atoms with van der Waals surface area (Å²) in [7, 11) is 0. The molecular formula is C19H20FNO. The molecule has 0 bridgehead atoms. The van der Waals surface area contributed by atoms with Gasteiger partial charge < -0.3 is 4.90 Å². The van der Waals surface area contributed by atoms with Crippen molar-refractivity contribution in [1.29, 1.82) is 0 Å². The normalized spacial score (nSPS) is 12.2. The van der Waals surface area contributed by atoms with Gasteiger partial charge in [0.25, 0.3) is 0 Å². The Kier molecular flexibility index (Phi) is 3.97. The van der Waals surface area contributed by atoms with Gasteiger partial charge in [0.05, 0.1) is 11.3 Å². The van der Waals surface area contributed by atoms with Crippen LogP contribution in [0.25, 0.3) is 11.1 Å². The highest BCUT2D eigenvalue weighted by atomic mass is 19.1. The standard InChI is InChI=1S/C19H20FNO/c1-3-11-21(12-4-2)18-16(20)10-9-14-13-7-5-6-8-15(13)19(22)17(14)18/h5-10H,3-4,11-12H2,1-2H3. The minimum Gasteiger partial charge on any atom is -0.369 e. The molecule has 1 aliphatic rings. The van der Waals surface area contributed by atoms with E-state index < -0.39 is 0 Å². The number of carbonyl (C=O) groups is 1. The number of ketones is 1. The summed E-state index contributed by atoms with van der Waals surface area (Å²) in [6.07, 6.45) is 1.84. The van der Waals surface area contributed by atoms with E-state index in [2.05, 4.69) is 13.8 Å². The number of fused-ring (bicyclic) bond motifs is 3. The summed E-state index contributed by atoms with van der Waals surface area (Å²) in [5.74, 6) is -0.362. The van der Waals surface area contributed by atoms with Gasteiger partial charge in [-0.15, -0.1) is 0 Å². The van der Waals surface area contributed by atoms with E-state index in [1.165, 1.54) is 6.07 Å². The molecule has 0 N–H and O–H groups in total. The Hall–Kier alpha value is -2.16. The lowest BCUT2D eigenvalue weighted by Crippen LogP contribution is -2.27. The third-order valence-corrected chi connectivity index (χ3v) is 4.12. The number of anilines is 1. The van der Waals surface area contributed by atoms with Crippen LogP contribution in [0.15, 0.2) is 36.4 Å². The van der Waals surface area contributed by atoms with E-state index in [0.717, 1.165) is 37.1 Å².